The first-order valence-electron chi connectivity index (χ1n) is 7.54. The van der Waals surface area contributed by atoms with Gasteiger partial charge in [0.05, 0.1) is 23.0 Å². The molecule has 0 aromatic heterocycles. The van der Waals surface area contributed by atoms with Crippen molar-refractivity contribution in [3.8, 4) is 0 Å². The highest BCUT2D eigenvalue weighted by molar-refractivity contribution is 8.00. The van der Waals surface area contributed by atoms with Crippen molar-refractivity contribution in [1.29, 1.82) is 0 Å². The third-order valence-corrected chi connectivity index (χ3v) is 5.23. The van der Waals surface area contributed by atoms with Crippen molar-refractivity contribution in [1.82, 2.24) is 10.6 Å². The smallest absolute Gasteiger partial charge is 0.251 e. The zero-order valence-electron chi connectivity index (χ0n) is 13.1. The molecule has 6 nitrogen and oxygen atoms in total. The Bertz CT molecular complexity index is 687. The molecule has 2 aliphatic rings. The number of thioether (sulfide) groups is 1. The Kier molecular flexibility index (Phi) is 4.06. The SMILES string of the molecule is CC1(C)NC(=O)CCC1NC(=O)c1ccc2c(c1)SCC(=O)N2. The highest BCUT2D eigenvalue weighted by atomic mass is 32.2. The Labute approximate surface area is 138 Å². The van der Waals surface area contributed by atoms with Crippen molar-refractivity contribution >= 4 is 35.2 Å². The van der Waals surface area contributed by atoms with Gasteiger partial charge in [-0.3, -0.25) is 14.4 Å². The minimum Gasteiger partial charge on any atom is -0.349 e. The zero-order chi connectivity index (χ0) is 16.6. The van der Waals surface area contributed by atoms with Crippen LogP contribution < -0.4 is 16.0 Å². The van der Waals surface area contributed by atoms with Crippen molar-refractivity contribution < 1.29 is 14.4 Å². The molecule has 0 bridgehead atoms. The number of amides is 3. The van der Waals surface area contributed by atoms with E-state index in [1.165, 1.54) is 11.8 Å². The third kappa shape index (κ3) is 3.34. The standard InChI is InChI=1S/C16H19N3O3S/c1-16(2)12(5-6-13(20)19-16)18-15(22)9-3-4-10-11(7-9)23-8-14(21)17-10/h3-4,7,12H,5-6,8H2,1-2H3,(H,17,21)(H,18,22)(H,19,20). The Morgan fingerprint density at radius 2 is 2.09 bits per heavy atom. The molecule has 1 saturated heterocycles. The molecule has 1 atom stereocenters. The van der Waals surface area contributed by atoms with Crippen LogP contribution in [0.1, 0.15) is 37.0 Å². The van der Waals surface area contributed by atoms with Gasteiger partial charge >= 0.3 is 0 Å². The molecule has 3 N–H and O–H groups in total. The molecule has 23 heavy (non-hydrogen) atoms. The molecule has 1 unspecified atom stereocenters. The molecular weight excluding hydrogens is 314 g/mol. The van der Waals surface area contributed by atoms with Gasteiger partial charge in [-0.15, -0.1) is 11.8 Å². The van der Waals surface area contributed by atoms with Crippen molar-refractivity contribution in [3.63, 3.8) is 0 Å². The first kappa shape index (κ1) is 15.9. The lowest BCUT2D eigenvalue weighted by Gasteiger charge is -2.39. The second-order valence-corrected chi connectivity index (χ2v) is 7.40. The van der Waals surface area contributed by atoms with Gasteiger partial charge in [-0.1, -0.05) is 0 Å². The molecule has 1 aromatic carbocycles. The average molecular weight is 333 g/mol. The number of piperidine rings is 1. The summed E-state index contributed by atoms with van der Waals surface area (Å²) in [5, 5.41) is 8.71. The molecule has 3 amide bonds. The second kappa shape index (κ2) is 5.88. The van der Waals surface area contributed by atoms with Crippen LogP contribution in [0.2, 0.25) is 0 Å². The van der Waals surface area contributed by atoms with E-state index in [1.54, 1.807) is 18.2 Å². The number of fused-ring (bicyclic) bond motifs is 1. The lowest BCUT2D eigenvalue weighted by molar-refractivity contribution is -0.125. The van der Waals surface area contributed by atoms with E-state index in [-0.39, 0.29) is 23.8 Å². The van der Waals surface area contributed by atoms with Gasteiger partial charge in [-0.2, -0.15) is 0 Å². The molecule has 1 aromatic rings. The number of anilines is 1. The van der Waals surface area contributed by atoms with Crippen LogP contribution in [0.25, 0.3) is 0 Å². The third-order valence-electron chi connectivity index (χ3n) is 4.17. The summed E-state index contributed by atoms with van der Waals surface area (Å²) in [6.07, 6.45) is 1.04. The molecule has 3 rings (SSSR count). The van der Waals surface area contributed by atoms with Gasteiger partial charge < -0.3 is 16.0 Å². The van der Waals surface area contributed by atoms with Crippen molar-refractivity contribution in [3.05, 3.63) is 23.8 Å². The summed E-state index contributed by atoms with van der Waals surface area (Å²) >= 11 is 1.43. The molecule has 2 aliphatic heterocycles. The van der Waals surface area contributed by atoms with E-state index in [0.717, 1.165) is 10.6 Å². The predicted octanol–water partition coefficient (Wildman–Crippen LogP) is 1.52. The Morgan fingerprint density at radius 1 is 1.30 bits per heavy atom. The zero-order valence-corrected chi connectivity index (χ0v) is 13.9. The number of carbonyl (C=O) groups excluding carboxylic acids is 3. The fourth-order valence-corrected chi connectivity index (χ4v) is 3.70. The summed E-state index contributed by atoms with van der Waals surface area (Å²) in [4.78, 5) is 36.3. The number of hydrogen-bond donors (Lipinski definition) is 3. The summed E-state index contributed by atoms with van der Waals surface area (Å²) in [6.45, 7) is 3.82. The summed E-state index contributed by atoms with van der Waals surface area (Å²) in [5.74, 6) is 0.181. The summed E-state index contributed by atoms with van der Waals surface area (Å²) < 4.78 is 0. The fraction of sp³-hybridized carbons (Fsp3) is 0.438. The van der Waals surface area contributed by atoms with Crippen LogP contribution >= 0.6 is 11.8 Å². The molecule has 0 radical (unpaired) electrons. The largest absolute Gasteiger partial charge is 0.349 e. The monoisotopic (exact) mass is 333 g/mol. The molecular formula is C16H19N3O3S. The maximum Gasteiger partial charge on any atom is 0.251 e. The topological polar surface area (TPSA) is 87.3 Å². The number of carbonyl (C=O) groups is 3. The van der Waals surface area contributed by atoms with Gasteiger partial charge in [0.1, 0.15) is 0 Å². The van der Waals surface area contributed by atoms with E-state index in [0.29, 0.717) is 24.2 Å². The predicted molar refractivity (Wildman–Crippen MR) is 88.5 cm³/mol. The highest BCUT2D eigenvalue weighted by Gasteiger charge is 2.36. The van der Waals surface area contributed by atoms with Crippen LogP contribution in [0.3, 0.4) is 0 Å². The minimum atomic E-state index is -0.470. The van der Waals surface area contributed by atoms with Crippen LogP contribution in [0.5, 0.6) is 0 Å². The van der Waals surface area contributed by atoms with Crippen LogP contribution in [0, 0.1) is 0 Å². The molecule has 122 valence electrons. The fourth-order valence-electron chi connectivity index (χ4n) is 2.86. The van der Waals surface area contributed by atoms with Gasteiger partial charge in [0.15, 0.2) is 0 Å². The van der Waals surface area contributed by atoms with Gasteiger partial charge in [0.25, 0.3) is 5.91 Å². The van der Waals surface area contributed by atoms with Crippen LogP contribution in [-0.4, -0.2) is 35.1 Å². The Balaban J connectivity index is 1.74. The molecule has 2 heterocycles. The van der Waals surface area contributed by atoms with E-state index in [1.807, 2.05) is 13.8 Å². The maximum absolute atomic E-state index is 12.5. The summed E-state index contributed by atoms with van der Waals surface area (Å²) in [5.41, 5.74) is 0.829. The molecule has 0 spiro atoms. The van der Waals surface area contributed by atoms with E-state index >= 15 is 0 Å². The maximum atomic E-state index is 12.5. The first-order chi connectivity index (χ1) is 10.8. The molecule has 1 fully saturated rings. The highest BCUT2D eigenvalue weighted by Crippen LogP contribution is 2.32. The van der Waals surface area contributed by atoms with E-state index in [9.17, 15) is 14.4 Å². The average Bonchev–Trinajstić information content (AvgIpc) is 2.48. The normalized spacial score (nSPS) is 22.6. The van der Waals surface area contributed by atoms with E-state index < -0.39 is 5.54 Å². The first-order valence-corrected chi connectivity index (χ1v) is 8.52. The quantitative estimate of drug-likeness (QED) is 0.766. The van der Waals surface area contributed by atoms with Crippen LogP contribution in [0.4, 0.5) is 5.69 Å². The van der Waals surface area contributed by atoms with Gasteiger partial charge in [0.2, 0.25) is 11.8 Å². The van der Waals surface area contributed by atoms with Crippen LogP contribution in [0.15, 0.2) is 23.1 Å². The summed E-state index contributed by atoms with van der Waals surface area (Å²) in [7, 11) is 0. The Morgan fingerprint density at radius 3 is 2.83 bits per heavy atom. The van der Waals surface area contributed by atoms with Gasteiger partial charge in [0, 0.05) is 16.9 Å². The van der Waals surface area contributed by atoms with E-state index in [4.69, 9.17) is 0 Å². The molecule has 7 heteroatoms. The lowest BCUT2D eigenvalue weighted by Crippen LogP contribution is -2.62. The number of benzene rings is 1. The minimum absolute atomic E-state index is 0.0152. The van der Waals surface area contributed by atoms with Gasteiger partial charge in [-0.25, -0.2) is 0 Å². The molecule has 0 aliphatic carbocycles. The van der Waals surface area contributed by atoms with Crippen molar-refractivity contribution in [2.75, 3.05) is 11.1 Å². The lowest BCUT2D eigenvalue weighted by atomic mass is 9.86. The summed E-state index contributed by atoms with van der Waals surface area (Å²) in [6, 6.07) is 5.14. The van der Waals surface area contributed by atoms with Crippen molar-refractivity contribution in [2.45, 2.75) is 43.2 Å². The molecule has 0 saturated carbocycles. The van der Waals surface area contributed by atoms with Gasteiger partial charge in [-0.05, 0) is 38.5 Å². The second-order valence-electron chi connectivity index (χ2n) is 6.38. The van der Waals surface area contributed by atoms with Crippen molar-refractivity contribution in [2.24, 2.45) is 0 Å². The van der Waals surface area contributed by atoms with Crippen LogP contribution in [-0.2, 0) is 9.59 Å². The number of nitrogens with one attached hydrogen (secondary N) is 3. The van der Waals surface area contributed by atoms with E-state index in [2.05, 4.69) is 16.0 Å². The number of rotatable bonds is 2. The number of hydrogen-bond acceptors (Lipinski definition) is 4. The Hall–Kier alpha value is -2.02.